The summed E-state index contributed by atoms with van der Waals surface area (Å²) in [6.07, 6.45) is 0. The van der Waals surface area contributed by atoms with Crippen molar-refractivity contribution in [3.05, 3.63) is 116 Å². The van der Waals surface area contributed by atoms with Gasteiger partial charge in [0, 0.05) is 10.8 Å². The maximum Gasteiger partial charge on any atom is 0.297 e. The third-order valence-corrected chi connectivity index (χ3v) is 8.19. The number of benzene rings is 3. The SMILES string of the molecule is O=C1c2oc3ccc(Cl)cc3c(=O)c2C(c2ccc(F)cc2)N1c1nnc(SCc2ccccc2)s1. The number of hydrogen-bond acceptors (Lipinski definition) is 7. The zero-order valence-electron chi connectivity index (χ0n) is 18.4. The molecule has 2 aromatic heterocycles. The van der Waals surface area contributed by atoms with Crippen LogP contribution in [0.5, 0.6) is 0 Å². The largest absolute Gasteiger partial charge is 0.450 e. The molecule has 0 radical (unpaired) electrons. The van der Waals surface area contributed by atoms with E-state index in [1.54, 1.807) is 24.3 Å². The minimum absolute atomic E-state index is 0.0714. The highest BCUT2D eigenvalue weighted by Crippen LogP contribution is 2.43. The molecule has 10 heteroatoms. The second kappa shape index (κ2) is 9.16. The summed E-state index contributed by atoms with van der Waals surface area (Å²) in [5.41, 5.74) is 1.73. The number of nitrogens with zero attached hydrogens (tertiary/aromatic N) is 3. The van der Waals surface area contributed by atoms with Crippen LogP contribution in [0.1, 0.15) is 33.3 Å². The van der Waals surface area contributed by atoms with Crippen molar-refractivity contribution >= 4 is 56.7 Å². The quantitative estimate of drug-likeness (QED) is 0.189. The van der Waals surface area contributed by atoms with E-state index in [4.69, 9.17) is 16.0 Å². The fraction of sp³-hybridized carbons (Fsp3) is 0.0769. The maximum atomic E-state index is 13.7. The van der Waals surface area contributed by atoms with Gasteiger partial charge in [-0.2, -0.15) is 0 Å². The molecule has 0 spiro atoms. The van der Waals surface area contributed by atoms with E-state index in [1.807, 2.05) is 30.3 Å². The van der Waals surface area contributed by atoms with Gasteiger partial charge in [0.05, 0.1) is 17.0 Å². The van der Waals surface area contributed by atoms with Crippen LogP contribution in [0, 0.1) is 5.82 Å². The van der Waals surface area contributed by atoms with Crippen LogP contribution in [0.3, 0.4) is 0 Å². The molecule has 0 saturated heterocycles. The van der Waals surface area contributed by atoms with Crippen LogP contribution in [0.2, 0.25) is 5.02 Å². The molecular formula is C26H15ClFN3O3S2. The molecule has 0 N–H and O–H groups in total. The number of fused-ring (bicyclic) bond motifs is 2. The van der Waals surface area contributed by atoms with Crippen LogP contribution < -0.4 is 10.3 Å². The number of thioether (sulfide) groups is 1. The standard InChI is InChI=1S/C26H15ClFN3O3S2/c27-16-8-11-19-18(12-16)22(32)20-21(15-6-9-17(28)10-7-15)31(24(33)23(20)34-19)25-29-30-26(36-25)35-13-14-4-2-1-3-5-14/h1-12,21H,13H2. The fourth-order valence-corrected chi connectivity index (χ4v) is 6.18. The molecular weight excluding hydrogens is 521 g/mol. The van der Waals surface area contributed by atoms with Crippen molar-refractivity contribution in [2.45, 2.75) is 16.1 Å². The fourth-order valence-electron chi connectivity index (χ4n) is 4.18. The first-order chi connectivity index (χ1) is 17.5. The van der Waals surface area contributed by atoms with E-state index in [0.717, 1.165) is 5.56 Å². The normalized spacial score (nSPS) is 15.0. The average molecular weight is 536 g/mol. The van der Waals surface area contributed by atoms with Crippen molar-refractivity contribution in [2.75, 3.05) is 4.90 Å². The van der Waals surface area contributed by atoms with Crippen LogP contribution >= 0.6 is 34.7 Å². The molecule has 3 aromatic carbocycles. The molecule has 6 nitrogen and oxygen atoms in total. The van der Waals surface area contributed by atoms with Crippen LogP contribution in [0.25, 0.3) is 11.0 Å². The first-order valence-electron chi connectivity index (χ1n) is 10.8. The molecule has 1 atom stereocenters. The molecule has 5 aromatic rings. The number of rotatable bonds is 5. The van der Waals surface area contributed by atoms with Crippen molar-refractivity contribution in [1.29, 1.82) is 0 Å². The highest BCUT2D eigenvalue weighted by molar-refractivity contribution is 8.00. The van der Waals surface area contributed by atoms with E-state index in [9.17, 15) is 14.0 Å². The van der Waals surface area contributed by atoms with E-state index in [1.165, 1.54) is 46.2 Å². The van der Waals surface area contributed by atoms with Gasteiger partial charge in [0.1, 0.15) is 11.4 Å². The Balaban J connectivity index is 1.45. The molecule has 6 rings (SSSR count). The van der Waals surface area contributed by atoms with Crippen molar-refractivity contribution in [3.63, 3.8) is 0 Å². The maximum absolute atomic E-state index is 13.7. The van der Waals surface area contributed by atoms with Crippen molar-refractivity contribution in [1.82, 2.24) is 10.2 Å². The molecule has 36 heavy (non-hydrogen) atoms. The van der Waals surface area contributed by atoms with Gasteiger partial charge in [0.15, 0.2) is 9.77 Å². The van der Waals surface area contributed by atoms with E-state index in [-0.39, 0.29) is 27.7 Å². The van der Waals surface area contributed by atoms with E-state index in [2.05, 4.69) is 10.2 Å². The van der Waals surface area contributed by atoms with Gasteiger partial charge in [-0.1, -0.05) is 77.2 Å². The van der Waals surface area contributed by atoms with E-state index < -0.39 is 17.8 Å². The van der Waals surface area contributed by atoms with Crippen molar-refractivity contribution < 1.29 is 13.6 Å². The van der Waals surface area contributed by atoms with Crippen LogP contribution in [0.4, 0.5) is 9.52 Å². The molecule has 1 unspecified atom stereocenters. The van der Waals surface area contributed by atoms with Gasteiger partial charge in [0.2, 0.25) is 10.9 Å². The smallest absolute Gasteiger partial charge is 0.297 e. The average Bonchev–Trinajstić information content (AvgIpc) is 3.47. The number of carbonyl (C=O) groups is 1. The highest BCUT2D eigenvalue weighted by atomic mass is 35.5. The second-order valence-electron chi connectivity index (χ2n) is 8.07. The summed E-state index contributed by atoms with van der Waals surface area (Å²) in [7, 11) is 0. The number of carbonyl (C=O) groups excluding carboxylic acids is 1. The predicted molar refractivity (Wildman–Crippen MR) is 138 cm³/mol. The lowest BCUT2D eigenvalue weighted by Crippen LogP contribution is -2.29. The van der Waals surface area contributed by atoms with Gasteiger partial charge in [0.25, 0.3) is 5.91 Å². The number of hydrogen-bond donors (Lipinski definition) is 0. The number of amides is 1. The molecule has 0 fully saturated rings. The van der Waals surface area contributed by atoms with Gasteiger partial charge >= 0.3 is 0 Å². The lowest BCUT2D eigenvalue weighted by Gasteiger charge is -2.22. The van der Waals surface area contributed by atoms with E-state index in [0.29, 0.717) is 25.8 Å². The zero-order chi connectivity index (χ0) is 24.8. The summed E-state index contributed by atoms with van der Waals surface area (Å²) in [5, 5.41) is 9.47. The van der Waals surface area contributed by atoms with Gasteiger partial charge in [-0.25, -0.2) is 4.39 Å². The zero-order valence-corrected chi connectivity index (χ0v) is 20.7. The van der Waals surface area contributed by atoms with Crippen molar-refractivity contribution in [2.24, 2.45) is 0 Å². The summed E-state index contributed by atoms with van der Waals surface area (Å²) in [5.74, 6) is -0.318. The van der Waals surface area contributed by atoms with Gasteiger partial charge in [-0.15, -0.1) is 10.2 Å². The Morgan fingerprint density at radius 3 is 2.58 bits per heavy atom. The van der Waals surface area contributed by atoms with Crippen LogP contribution in [-0.4, -0.2) is 16.1 Å². The molecule has 1 amide bonds. The summed E-state index contributed by atoms with van der Waals surface area (Å²) < 4.78 is 20.3. The minimum atomic E-state index is -0.854. The first kappa shape index (κ1) is 22.9. The third-order valence-electron chi connectivity index (χ3n) is 5.82. The summed E-state index contributed by atoms with van der Waals surface area (Å²) >= 11 is 8.87. The third kappa shape index (κ3) is 3.99. The number of anilines is 1. The van der Waals surface area contributed by atoms with Crippen LogP contribution in [-0.2, 0) is 5.75 Å². The molecule has 0 bridgehead atoms. The molecule has 3 heterocycles. The Labute approximate surface area is 217 Å². The summed E-state index contributed by atoms with van der Waals surface area (Å²) in [6.45, 7) is 0. The number of aromatic nitrogens is 2. The van der Waals surface area contributed by atoms with E-state index >= 15 is 0 Å². The Hall–Kier alpha value is -3.53. The van der Waals surface area contributed by atoms with Gasteiger partial charge < -0.3 is 4.42 Å². The monoisotopic (exact) mass is 535 g/mol. The number of halogens is 2. The minimum Gasteiger partial charge on any atom is -0.450 e. The molecule has 0 aliphatic carbocycles. The molecule has 1 aliphatic rings. The molecule has 1 aliphatic heterocycles. The topological polar surface area (TPSA) is 76.3 Å². The Morgan fingerprint density at radius 1 is 1.03 bits per heavy atom. The Bertz CT molecular complexity index is 1670. The lowest BCUT2D eigenvalue weighted by molar-refractivity contribution is 0.0970. The predicted octanol–water partition coefficient (Wildman–Crippen LogP) is 6.48. The first-order valence-corrected chi connectivity index (χ1v) is 13.0. The van der Waals surface area contributed by atoms with Crippen LogP contribution in [0.15, 0.2) is 86.3 Å². The molecule has 0 saturated carbocycles. The summed E-state index contributed by atoms with van der Waals surface area (Å²) in [6, 6.07) is 19.4. The van der Waals surface area contributed by atoms with Crippen molar-refractivity contribution in [3.8, 4) is 0 Å². The Morgan fingerprint density at radius 2 is 1.81 bits per heavy atom. The lowest BCUT2D eigenvalue weighted by atomic mass is 9.99. The van der Waals surface area contributed by atoms with Gasteiger partial charge in [-0.3, -0.25) is 14.5 Å². The molecule has 178 valence electrons. The van der Waals surface area contributed by atoms with Gasteiger partial charge in [-0.05, 0) is 41.5 Å². The highest BCUT2D eigenvalue weighted by Gasteiger charge is 2.45. The summed E-state index contributed by atoms with van der Waals surface area (Å²) in [4.78, 5) is 28.6. The Kier molecular flexibility index (Phi) is 5.83. The second-order valence-corrected chi connectivity index (χ2v) is 10.7.